The van der Waals surface area contributed by atoms with E-state index in [1.165, 1.54) is 6.07 Å². The van der Waals surface area contributed by atoms with Crippen LogP contribution in [-0.4, -0.2) is 11.1 Å². The van der Waals surface area contributed by atoms with E-state index < -0.39 is 17.2 Å². The molecule has 0 bridgehead atoms. The first-order valence-corrected chi connectivity index (χ1v) is 5.55. The van der Waals surface area contributed by atoms with Crippen LogP contribution in [0.3, 0.4) is 0 Å². The SMILES string of the molecule is Cc1c(C2(C(=O)O)CCC2)ccc(Cl)c1F. The summed E-state index contributed by atoms with van der Waals surface area (Å²) in [4.78, 5) is 11.3. The Balaban J connectivity index is 2.56. The van der Waals surface area contributed by atoms with Crippen molar-refractivity contribution in [2.24, 2.45) is 0 Å². The topological polar surface area (TPSA) is 37.3 Å². The summed E-state index contributed by atoms with van der Waals surface area (Å²) in [6, 6.07) is 3.07. The normalized spacial score (nSPS) is 17.9. The van der Waals surface area contributed by atoms with Crippen molar-refractivity contribution in [1.82, 2.24) is 0 Å². The monoisotopic (exact) mass is 242 g/mol. The first kappa shape index (κ1) is 11.4. The molecule has 1 aromatic rings. The minimum atomic E-state index is -0.893. The molecule has 1 N–H and O–H groups in total. The lowest BCUT2D eigenvalue weighted by atomic mass is 9.63. The molecule has 1 aliphatic rings. The maximum Gasteiger partial charge on any atom is 0.314 e. The molecule has 0 aromatic heterocycles. The van der Waals surface area contributed by atoms with Gasteiger partial charge in [0.1, 0.15) is 5.82 Å². The van der Waals surface area contributed by atoms with Gasteiger partial charge in [0.2, 0.25) is 0 Å². The molecule has 0 radical (unpaired) electrons. The highest BCUT2D eigenvalue weighted by Crippen LogP contribution is 2.46. The zero-order chi connectivity index (χ0) is 11.9. The first-order valence-electron chi connectivity index (χ1n) is 5.17. The van der Waals surface area contributed by atoms with E-state index in [0.717, 1.165) is 6.42 Å². The molecule has 4 heteroatoms. The number of carbonyl (C=O) groups is 1. The van der Waals surface area contributed by atoms with Crippen LogP contribution in [0.15, 0.2) is 12.1 Å². The second-order valence-electron chi connectivity index (χ2n) is 4.27. The summed E-state index contributed by atoms with van der Waals surface area (Å²) in [6.45, 7) is 1.58. The highest BCUT2D eigenvalue weighted by Gasteiger charge is 2.47. The second kappa shape index (κ2) is 3.74. The van der Waals surface area contributed by atoms with Crippen LogP contribution in [0.4, 0.5) is 4.39 Å². The Bertz CT molecular complexity index is 453. The van der Waals surface area contributed by atoms with Gasteiger partial charge < -0.3 is 5.11 Å². The van der Waals surface area contributed by atoms with Gasteiger partial charge in [0.15, 0.2) is 0 Å². The van der Waals surface area contributed by atoms with Gasteiger partial charge >= 0.3 is 5.97 Å². The molecule has 0 saturated heterocycles. The van der Waals surface area contributed by atoms with Crippen molar-refractivity contribution >= 4 is 17.6 Å². The van der Waals surface area contributed by atoms with Crippen molar-refractivity contribution in [2.75, 3.05) is 0 Å². The predicted molar refractivity (Wildman–Crippen MR) is 59.3 cm³/mol. The summed E-state index contributed by atoms with van der Waals surface area (Å²) >= 11 is 5.65. The van der Waals surface area contributed by atoms with Gasteiger partial charge in [0.05, 0.1) is 10.4 Å². The molecule has 1 aliphatic carbocycles. The fourth-order valence-corrected chi connectivity index (χ4v) is 2.50. The number of rotatable bonds is 2. The average molecular weight is 243 g/mol. The van der Waals surface area contributed by atoms with Gasteiger partial charge in [0.25, 0.3) is 0 Å². The molecule has 1 saturated carbocycles. The van der Waals surface area contributed by atoms with Crippen molar-refractivity contribution in [3.05, 3.63) is 34.1 Å². The van der Waals surface area contributed by atoms with Gasteiger partial charge in [-0.3, -0.25) is 4.79 Å². The average Bonchev–Trinajstić information content (AvgIpc) is 2.16. The van der Waals surface area contributed by atoms with Crippen LogP contribution in [0, 0.1) is 12.7 Å². The Morgan fingerprint density at radius 1 is 1.50 bits per heavy atom. The quantitative estimate of drug-likeness (QED) is 0.864. The number of carboxylic acids is 1. The van der Waals surface area contributed by atoms with E-state index in [9.17, 15) is 14.3 Å². The van der Waals surface area contributed by atoms with Gasteiger partial charge in [-0.1, -0.05) is 24.1 Å². The van der Waals surface area contributed by atoms with Crippen LogP contribution in [0.2, 0.25) is 5.02 Å². The molecule has 0 aliphatic heterocycles. The molecular weight excluding hydrogens is 231 g/mol. The Morgan fingerprint density at radius 3 is 2.56 bits per heavy atom. The maximum absolute atomic E-state index is 13.6. The number of aliphatic carboxylic acids is 1. The Labute approximate surface area is 98.0 Å². The van der Waals surface area contributed by atoms with Crippen molar-refractivity contribution in [2.45, 2.75) is 31.6 Å². The van der Waals surface area contributed by atoms with Crippen LogP contribution in [0.25, 0.3) is 0 Å². The third kappa shape index (κ3) is 1.42. The highest BCUT2D eigenvalue weighted by atomic mass is 35.5. The summed E-state index contributed by atoms with van der Waals surface area (Å²) in [6.07, 6.45) is 2.02. The second-order valence-corrected chi connectivity index (χ2v) is 4.68. The molecule has 16 heavy (non-hydrogen) atoms. The van der Waals surface area contributed by atoms with E-state index in [-0.39, 0.29) is 5.02 Å². The molecule has 0 amide bonds. The molecular formula is C12H12ClFO2. The lowest BCUT2D eigenvalue weighted by Gasteiger charge is -2.39. The van der Waals surface area contributed by atoms with Crippen LogP contribution in [-0.2, 0) is 10.2 Å². The molecule has 1 aromatic carbocycles. The summed E-state index contributed by atoms with van der Waals surface area (Å²) in [5, 5.41) is 9.31. The van der Waals surface area contributed by atoms with Crippen molar-refractivity contribution < 1.29 is 14.3 Å². The molecule has 2 nitrogen and oxygen atoms in total. The van der Waals surface area contributed by atoms with Crippen molar-refractivity contribution in [3.63, 3.8) is 0 Å². The molecule has 2 rings (SSSR count). The fourth-order valence-electron chi connectivity index (χ4n) is 2.30. The van der Waals surface area contributed by atoms with E-state index in [2.05, 4.69) is 0 Å². The number of halogens is 2. The van der Waals surface area contributed by atoms with Gasteiger partial charge in [-0.05, 0) is 37.0 Å². The summed E-state index contributed by atoms with van der Waals surface area (Å²) in [5.41, 5.74) is 0.0259. The largest absolute Gasteiger partial charge is 0.481 e. The highest BCUT2D eigenvalue weighted by molar-refractivity contribution is 6.30. The number of carboxylic acid groups (broad SMARTS) is 1. The number of hydrogen-bond donors (Lipinski definition) is 1. The smallest absolute Gasteiger partial charge is 0.314 e. The minimum Gasteiger partial charge on any atom is -0.481 e. The molecule has 0 atom stereocenters. The Morgan fingerprint density at radius 2 is 2.12 bits per heavy atom. The maximum atomic E-state index is 13.6. The Hall–Kier alpha value is -1.09. The van der Waals surface area contributed by atoms with Gasteiger partial charge in [0, 0.05) is 0 Å². The standard InChI is InChI=1S/C12H12ClFO2/c1-7-8(3-4-9(13)10(7)14)12(11(15)16)5-2-6-12/h3-4H,2,5-6H2,1H3,(H,15,16). The zero-order valence-corrected chi connectivity index (χ0v) is 9.64. The van der Waals surface area contributed by atoms with Crippen LogP contribution >= 0.6 is 11.6 Å². The van der Waals surface area contributed by atoms with E-state index in [4.69, 9.17) is 11.6 Å². The minimum absolute atomic E-state index is 0.0427. The van der Waals surface area contributed by atoms with Gasteiger partial charge in [-0.25, -0.2) is 4.39 Å². The molecule has 0 heterocycles. The fraction of sp³-hybridized carbons (Fsp3) is 0.417. The molecule has 86 valence electrons. The molecule has 1 fully saturated rings. The summed E-state index contributed by atoms with van der Waals surface area (Å²) < 4.78 is 13.6. The van der Waals surface area contributed by atoms with E-state index in [0.29, 0.717) is 24.0 Å². The van der Waals surface area contributed by atoms with Gasteiger partial charge in [-0.15, -0.1) is 0 Å². The third-order valence-electron chi connectivity index (χ3n) is 3.47. The van der Waals surface area contributed by atoms with E-state index >= 15 is 0 Å². The lowest BCUT2D eigenvalue weighted by molar-refractivity contribution is -0.147. The van der Waals surface area contributed by atoms with Crippen LogP contribution in [0.5, 0.6) is 0 Å². The zero-order valence-electron chi connectivity index (χ0n) is 8.89. The molecule has 0 unspecified atom stereocenters. The van der Waals surface area contributed by atoms with Crippen LogP contribution < -0.4 is 0 Å². The predicted octanol–water partition coefficient (Wildman–Crippen LogP) is 3.29. The number of benzene rings is 1. The third-order valence-corrected chi connectivity index (χ3v) is 3.76. The van der Waals surface area contributed by atoms with E-state index in [1.807, 2.05) is 0 Å². The van der Waals surface area contributed by atoms with Crippen LogP contribution in [0.1, 0.15) is 30.4 Å². The summed E-state index contributed by atoms with van der Waals surface area (Å²) in [5.74, 6) is -1.38. The Kier molecular flexibility index (Phi) is 2.66. The van der Waals surface area contributed by atoms with Crippen molar-refractivity contribution in [3.8, 4) is 0 Å². The summed E-state index contributed by atoms with van der Waals surface area (Å²) in [7, 11) is 0. The first-order chi connectivity index (χ1) is 7.49. The molecule has 0 spiro atoms. The lowest BCUT2D eigenvalue weighted by Crippen LogP contribution is -2.43. The van der Waals surface area contributed by atoms with Crippen molar-refractivity contribution in [1.29, 1.82) is 0 Å². The van der Waals surface area contributed by atoms with Gasteiger partial charge in [-0.2, -0.15) is 0 Å². The number of hydrogen-bond acceptors (Lipinski definition) is 1. The van der Waals surface area contributed by atoms with E-state index in [1.54, 1.807) is 13.0 Å².